The minimum Gasteiger partial charge on any atom is -0.457 e. The smallest absolute Gasteiger partial charge is 0.127 e. The Morgan fingerprint density at radius 3 is 2.16 bits per heavy atom. The molecule has 0 saturated heterocycles. The molecule has 0 atom stereocenters. The summed E-state index contributed by atoms with van der Waals surface area (Å²) in [7, 11) is 0. The summed E-state index contributed by atoms with van der Waals surface area (Å²) in [6.45, 7) is 0. The van der Waals surface area contributed by atoms with Gasteiger partial charge in [0.05, 0.1) is 0 Å². The van der Waals surface area contributed by atoms with Gasteiger partial charge in [-0.3, -0.25) is 0 Å². The zero-order valence-electron chi connectivity index (χ0n) is 10.8. The van der Waals surface area contributed by atoms with Gasteiger partial charge in [0, 0.05) is 17.8 Å². The Hall–Kier alpha value is -2.00. The van der Waals surface area contributed by atoms with Gasteiger partial charge in [-0.15, -0.1) is 0 Å². The molecule has 3 heteroatoms. The second-order valence-electron chi connectivity index (χ2n) is 5.01. The highest BCUT2D eigenvalue weighted by molar-refractivity contribution is 5.48. The Kier molecular flexibility index (Phi) is 3.38. The maximum atomic E-state index is 5.77. The van der Waals surface area contributed by atoms with Crippen molar-refractivity contribution in [2.45, 2.75) is 24.9 Å². The van der Waals surface area contributed by atoms with Crippen molar-refractivity contribution in [1.29, 1.82) is 0 Å². The minimum atomic E-state index is 0.373. The molecular formula is C16H18N2O. The Bertz CT molecular complexity index is 518. The van der Waals surface area contributed by atoms with Gasteiger partial charge in [-0.05, 0) is 49.2 Å². The molecule has 2 aromatic rings. The average molecular weight is 254 g/mol. The quantitative estimate of drug-likeness (QED) is 0.879. The zero-order chi connectivity index (χ0) is 13.1. The average Bonchev–Trinajstić information content (AvgIpc) is 2.40. The number of hydrogen-bond donors (Lipinski definition) is 2. The maximum Gasteiger partial charge on any atom is 0.127 e. The van der Waals surface area contributed by atoms with Crippen LogP contribution in [0.3, 0.4) is 0 Å². The Morgan fingerprint density at radius 2 is 1.53 bits per heavy atom. The van der Waals surface area contributed by atoms with E-state index < -0.39 is 0 Å². The predicted molar refractivity (Wildman–Crippen MR) is 77.6 cm³/mol. The first kappa shape index (κ1) is 12.1. The van der Waals surface area contributed by atoms with Gasteiger partial charge in [-0.2, -0.15) is 0 Å². The Morgan fingerprint density at radius 1 is 0.895 bits per heavy atom. The van der Waals surface area contributed by atoms with Crippen molar-refractivity contribution < 1.29 is 4.74 Å². The Labute approximate surface area is 113 Å². The fourth-order valence-corrected chi connectivity index (χ4v) is 2.26. The summed E-state index contributed by atoms with van der Waals surface area (Å²) < 4.78 is 5.75. The number of ether oxygens (including phenoxy) is 1. The Balaban J connectivity index is 1.59. The van der Waals surface area contributed by atoms with E-state index in [0.717, 1.165) is 30.0 Å². The van der Waals surface area contributed by atoms with Crippen molar-refractivity contribution in [3.05, 3.63) is 54.6 Å². The van der Waals surface area contributed by atoms with E-state index in [1.165, 1.54) is 0 Å². The summed E-state index contributed by atoms with van der Waals surface area (Å²) in [5, 5.41) is 3.46. The molecule has 3 N–H and O–H groups in total. The molecule has 0 unspecified atom stereocenters. The van der Waals surface area contributed by atoms with E-state index in [4.69, 9.17) is 10.5 Å². The van der Waals surface area contributed by atoms with Crippen molar-refractivity contribution in [2.75, 3.05) is 5.32 Å². The first-order valence-electron chi connectivity index (χ1n) is 6.65. The number of hydrogen-bond acceptors (Lipinski definition) is 3. The summed E-state index contributed by atoms with van der Waals surface area (Å²) >= 11 is 0. The summed E-state index contributed by atoms with van der Waals surface area (Å²) in [6, 6.07) is 18.7. The van der Waals surface area contributed by atoms with E-state index >= 15 is 0 Å². The van der Waals surface area contributed by atoms with Crippen LogP contribution in [0, 0.1) is 0 Å². The molecule has 0 bridgehead atoms. The monoisotopic (exact) mass is 254 g/mol. The molecule has 1 fully saturated rings. The minimum absolute atomic E-state index is 0.373. The first-order chi connectivity index (χ1) is 9.29. The predicted octanol–water partition coefficient (Wildman–Crippen LogP) is 3.38. The van der Waals surface area contributed by atoms with Crippen molar-refractivity contribution in [1.82, 2.24) is 0 Å². The third-order valence-electron chi connectivity index (χ3n) is 3.38. The molecule has 19 heavy (non-hydrogen) atoms. The second-order valence-corrected chi connectivity index (χ2v) is 5.01. The van der Waals surface area contributed by atoms with Gasteiger partial charge >= 0.3 is 0 Å². The molecule has 3 rings (SSSR count). The summed E-state index contributed by atoms with van der Waals surface area (Å²) in [6.07, 6.45) is 2.12. The number of para-hydroxylation sites is 1. The first-order valence-corrected chi connectivity index (χ1v) is 6.65. The lowest BCUT2D eigenvalue weighted by Gasteiger charge is -2.33. The molecule has 1 aliphatic rings. The normalized spacial score (nSPS) is 21.5. The lowest BCUT2D eigenvalue weighted by atomic mass is 9.87. The number of nitrogens with one attached hydrogen (secondary N) is 1. The second kappa shape index (κ2) is 5.33. The lowest BCUT2D eigenvalue weighted by molar-refractivity contribution is 0.373. The van der Waals surface area contributed by atoms with Crippen LogP contribution in [0.2, 0.25) is 0 Å². The molecule has 0 radical (unpaired) electrons. The zero-order valence-corrected chi connectivity index (χ0v) is 10.8. The van der Waals surface area contributed by atoms with Crippen molar-refractivity contribution in [2.24, 2.45) is 5.73 Å². The van der Waals surface area contributed by atoms with E-state index in [9.17, 15) is 0 Å². The van der Waals surface area contributed by atoms with Crippen molar-refractivity contribution >= 4 is 5.69 Å². The highest BCUT2D eigenvalue weighted by atomic mass is 16.5. The molecule has 1 aliphatic carbocycles. The molecule has 98 valence electrons. The lowest BCUT2D eigenvalue weighted by Crippen LogP contribution is -2.44. The van der Waals surface area contributed by atoms with Crippen LogP contribution in [-0.2, 0) is 0 Å². The third-order valence-corrected chi connectivity index (χ3v) is 3.38. The summed E-state index contributed by atoms with van der Waals surface area (Å²) in [4.78, 5) is 0. The van der Waals surface area contributed by atoms with E-state index in [0.29, 0.717) is 12.1 Å². The summed E-state index contributed by atoms with van der Waals surface area (Å²) in [5.74, 6) is 1.70. The molecule has 2 aromatic carbocycles. The van der Waals surface area contributed by atoms with Gasteiger partial charge < -0.3 is 15.8 Å². The van der Waals surface area contributed by atoms with Crippen LogP contribution >= 0.6 is 0 Å². The fraction of sp³-hybridized carbons (Fsp3) is 0.250. The highest BCUT2D eigenvalue weighted by Crippen LogP contribution is 2.26. The fourth-order valence-electron chi connectivity index (χ4n) is 2.26. The maximum absolute atomic E-state index is 5.77. The molecular weight excluding hydrogens is 236 g/mol. The number of rotatable bonds is 4. The number of nitrogens with two attached hydrogens (primary N) is 1. The van der Waals surface area contributed by atoms with Crippen LogP contribution in [0.4, 0.5) is 5.69 Å². The molecule has 3 nitrogen and oxygen atoms in total. The van der Waals surface area contributed by atoms with Crippen molar-refractivity contribution in [3.8, 4) is 11.5 Å². The van der Waals surface area contributed by atoms with Gasteiger partial charge in [-0.1, -0.05) is 18.2 Å². The van der Waals surface area contributed by atoms with Crippen molar-refractivity contribution in [3.63, 3.8) is 0 Å². The largest absolute Gasteiger partial charge is 0.457 e. The van der Waals surface area contributed by atoms with Crippen LogP contribution in [0.25, 0.3) is 0 Å². The van der Waals surface area contributed by atoms with Crippen LogP contribution in [0.1, 0.15) is 12.8 Å². The SMILES string of the molecule is NC1CC(Nc2ccc(Oc3ccccc3)cc2)C1. The molecule has 0 aromatic heterocycles. The third kappa shape index (κ3) is 3.06. The van der Waals surface area contributed by atoms with Crippen LogP contribution < -0.4 is 15.8 Å². The van der Waals surface area contributed by atoms with Gasteiger partial charge in [0.15, 0.2) is 0 Å². The van der Waals surface area contributed by atoms with Crippen LogP contribution in [0.5, 0.6) is 11.5 Å². The molecule has 0 aliphatic heterocycles. The van der Waals surface area contributed by atoms with E-state index in [-0.39, 0.29) is 0 Å². The number of benzene rings is 2. The summed E-state index contributed by atoms with van der Waals surface area (Å²) in [5.41, 5.74) is 6.90. The molecule has 1 saturated carbocycles. The van der Waals surface area contributed by atoms with E-state index in [1.54, 1.807) is 0 Å². The van der Waals surface area contributed by atoms with Crippen LogP contribution in [-0.4, -0.2) is 12.1 Å². The molecule has 0 amide bonds. The van der Waals surface area contributed by atoms with Gasteiger partial charge in [0.25, 0.3) is 0 Å². The topological polar surface area (TPSA) is 47.3 Å². The molecule has 0 heterocycles. The van der Waals surface area contributed by atoms with E-state index in [1.807, 2.05) is 54.6 Å². The molecule has 0 spiro atoms. The van der Waals surface area contributed by atoms with Gasteiger partial charge in [0.1, 0.15) is 11.5 Å². The van der Waals surface area contributed by atoms with E-state index in [2.05, 4.69) is 5.32 Å². The van der Waals surface area contributed by atoms with Gasteiger partial charge in [-0.25, -0.2) is 0 Å². The highest BCUT2D eigenvalue weighted by Gasteiger charge is 2.25. The standard InChI is InChI=1S/C16H18N2O/c17-12-10-14(11-12)18-13-6-8-16(9-7-13)19-15-4-2-1-3-5-15/h1-9,12,14,18H,10-11,17H2. The number of anilines is 1. The van der Waals surface area contributed by atoms with Crippen LogP contribution in [0.15, 0.2) is 54.6 Å². The van der Waals surface area contributed by atoms with Gasteiger partial charge in [0.2, 0.25) is 0 Å².